The van der Waals surface area contributed by atoms with Crippen molar-refractivity contribution in [2.24, 2.45) is 0 Å². The van der Waals surface area contributed by atoms with Crippen LogP contribution in [-0.2, 0) is 14.8 Å². The molecule has 1 fully saturated rings. The van der Waals surface area contributed by atoms with Crippen molar-refractivity contribution in [1.82, 2.24) is 9.62 Å². The zero-order valence-corrected chi connectivity index (χ0v) is 15.1. The van der Waals surface area contributed by atoms with Gasteiger partial charge in [-0.05, 0) is 33.3 Å². The Kier molecular flexibility index (Phi) is 6.72. The Balaban J connectivity index is 0.00000338. The topological polar surface area (TPSA) is 119 Å². The molecule has 1 aromatic carbocycles. The van der Waals surface area contributed by atoms with E-state index in [-0.39, 0.29) is 14.0 Å². The van der Waals surface area contributed by atoms with E-state index < -0.39 is 43.3 Å². The summed E-state index contributed by atoms with van der Waals surface area (Å²) in [5.74, 6) is 0. The number of likely N-dealkylation sites (tertiary alicyclic amines) is 1. The van der Waals surface area contributed by atoms with E-state index in [2.05, 4.69) is 4.72 Å². The summed E-state index contributed by atoms with van der Waals surface area (Å²) in [4.78, 5) is 23.3. The summed E-state index contributed by atoms with van der Waals surface area (Å²) in [5, 5.41) is 11.0. The molecule has 1 saturated heterocycles. The van der Waals surface area contributed by atoms with Gasteiger partial charge in [-0.2, -0.15) is 0 Å². The zero-order valence-electron chi connectivity index (χ0n) is 14.3. The van der Waals surface area contributed by atoms with Crippen LogP contribution in [0, 0.1) is 10.1 Å². The van der Waals surface area contributed by atoms with Crippen LogP contribution in [0.25, 0.3) is 0 Å². The van der Waals surface area contributed by atoms with Crippen molar-refractivity contribution in [3.05, 3.63) is 34.4 Å². The number of hydrogen-bond donors (Lipinski definition) is 1. The zero-order chi connectivity index (χ0) is 18.8. The Morgan fingerprint density at radius 1 is 1.35 bits per heavy atom. The molecule has 0 aromatic heterocycles. The minimum absolute atomic E-state index is 0. The number of amides is 1. The van der Waals surface area contributed by atoms with Gasteiger partial charge in [0.05, 0.1) is 4.92 Å². The fraction of sp³-hybridized carbons (Fsp3) is 0.562. The van der Waals surface area contributed by atoms with Gasteiger partial charge in [-0.15, -0.1) is 0 Å². The summed E-state index contributed by atoms with van der Waals surface area (Å²) in [6.07, 6.45) is -0.112. The van der Waals surface area contributed by atoms with E-state index in [1.54, 1.807) is 20.8 Å². The number of hydrogen-bond acceptors (Lipinski definition) is 6. The second-order valence-corrected chi connectivity index (χ2v) is 8.44. The maximum absolute atomic E-state index is 12.5. The van der Waals surface area contributed by atoms with Crippen molar-refractivity contribution >= 4 is 21.8 Å². The summed E-state index contributed by atoms with van der Waals surface area (Å²) in [6, 6.07) is 4.61. The van der Waals surface area contributed by atoms with E-state index in [4.69, 9.17) is 4.74 Å². The van der Waals surface area contributed by atoms with Crippen molar-refractivity contribution in [1.29, 1.82) is 0 Å². The third-order valence-electron chi connectivity index (χ3n) is 3.51. The lowest BCUT2D eigenvalue weighted by Crippen LogP contribution is -2.40. The highest BCUT2D eigenvalue weighted by Gasteiger charge is 2.34. The van der Waals surface area contributed by atoms with E-state index >= 15 is 0 Å². The van der Waals surface area contributed by atoms with Crippen LogP contribution in [0.3, 0.4) is 0 Å². The average molecular weight is 387 g/mol. The van der Waals surface area contributed by atoms with E-state index in [9.17, 15) is 23.3 Å². The Labute approximate surface area is 153 Å². The number of nitrogens with one attached hydrogen (secondary N) is 1. The molecule has 0 aliphatic carbocycles. The predicted octanol–water partition coefficient (Wildman–Crippen LogP) is 2.52. The molecule has 10 heteroatoms. The molecular formula is C16H25N3O6S. The number of benzene rings is 1. The van der Waals surface area contributed by atoms with Crippen LogP contribution >= 0.6 is 0 Å². The van der Waals surface area contributed by atoms with Gasteiger partial charge in [-0.25, -0.2) is 17.9 Å². The molecule has 0 radical (unpaired) electrons. The lowest BCUT2D eigenvalue weighted by atomic mass is 10.2. The van der Waals surface area contributed by atoms with Gasteiger partial charge < -0.3 is 9.64 Å². The largest absolute Gasteiger partial charge is 0.444 e. The van der Waals surface area contributed by atoms with Gasteiger partial charge in [0.25, 0.3) is 5.69 Å². The third-order valence-corrected chi connectivity index (χ3v) is 5.08. The van der Waals surface area contributed by atoms with Crippen molar-refractivity contribution < 1.29 is 22.9 Å². The van der Waals surface area contributed by atoms with Crippen LogP contribution in [0.5, 0.6) is 0 Å². The normalized spacial score (nSPS) is 17.5. The van der Waals surface area contributed by atoms with Gasteiger partial charge in [0.15, 0.2) is 4.90 Å². The highest BCUT2D eigenvalue weighted by Crippen LogP contribution is 2.24. The fourth-order valence-electron chi connectivity index (χ4n) is 2.47. The SMILES string of the molecule is C.CC(C)(C)OC(=O)N1CC[C@H](NS(=O)(=O)c2ccccc2[N+](=O)[O-])C1. The first-order chi connectivity index (χ1) is 11.5. The molecule has 1 N–H and O–H groups in total. The Hall–Kier alpha value is -2.20. The highest BCUT2D eigenvalue weighted by molar-refractivity contribution is 7.89. The van der Waals surface area contributed by atoms with Gasteiger partial charge in [-0.1, -0.05) is 19.6 Å². The summed E-state index contributed by atoms with van der Waals surface area (Å²) in [5.41, 5.74) is -1.13. The summed E-state index contributed by atoms with van der Waals surface area (Å²) >= 11 is 0. The number of nitrogens with zero attached hydrogens (tertiary/aromatic N) is 2. The first-order valence-electron chi connectivity index (χ1n) is 7.73. The Morgan fingerprint density at radius 2 is 1.96 bits per heavy atom. The number of carbonyl (C=O) groups excluding carboxylic acids is 1. The minimum atomic E-state index is -4.07. The molecule has 1 amide bonds. The van der Waals surface area contributed by atoms with Crippen molar-refractivity contribution in [3.8, 4) is 0 Å². The molecule has 146 valence electrons. The van der Waals surface area contributed by atoms with Crippen LogP contribution in [0.15, 0.2) is 29.2 Å². The molecule has 0 spiro atoms. The second kappa shape index (κ2) is 8.00. The van der Waals surface area contributed by atoms with Gasteiger partial charge in [0, 0.05) is 25.2 Å². The molecule has 0 unspecified atom stereocenters. The van der Waals surface area contributed by atoms with E-state index in [0.717, 1.165) is 6.07 Å². The van der Waals surface area contributed by atoms with Crippen molar-refractivity contribution in [2.45, 2.75) is 51.2 Å². The van der Waals surface area contributed by atoms with E-state index in [0.29, 0.717) is 13.0 Å². The summed E-state index contributed by atoms with van der Waals surface area (Å²) in [7, 11) is -4.07. The average Bonchev–Trinajstić information content (AvgIpc) is 2.93. The van der Waals surface area contributed by atoms with Gasteiger partial charge in [0.1, 0.15) is 5.60 Å². The molecule has 2 rings (SSSR count). The quantitative estimate of drug-likeness (QED) is 0.626. The molecule has 1 aromatic rings. The van der Waals surface area contributed by atoms with Crippen LogP contribution < -0.4 is 4.72 Å². The number of carbonyl (C=O) groups is 1. The van der Waals surface area contributed by atoms with Gasteiger partial charge in [-0.3, -0.25) is 10.1 Å². The van der Waals surface area contributed by atoms with Gasteiger partial charge in [0.2, 0.25) is 10.0 Å². The molecule has 1 aliphatic rings. The van der Waals surface area contributed by atoms with Crippen LogP contribution in [-0.4, -0.2) is 49.1 Å². The third kappa shape index (κ3) is 5.40. The van der Waals surface area contributed by atoms with Crippen LogP contribution in [0.1, 0.15) is 34.6 Å². The highest BCUT2D eigenvalue weighted by atomic mass is 32.2. The van der Waals surface area contributed by atoms with E-state index in [1.165, 1.54) is 23.1 Å². The molecular weight excluding hydrogens is 362 g/mol. The van der Waals surface area contributed by atoms with Crippen molar-refractivity contribution in [2.75, 3.05) is 13.1 Å². The lowest BCUT2D eigenvalue weighted by molar-refractivity contribution is -0.387. The molecule has 1 aliphatic heterocycles. The first-order valence-corrected chi connectivity index (χ1v) is 9.21. The molecule has 1 heterocycles. The number of para-hydroxylation sites is 1. The van der Waals surface area contributed by atoms with Gasteiger partial charge >= 0.3 is 6.09 Å². The monoisotopic (exact) mass is 387 g/mol. The smallest absolute Gasteiger partial charge is 0.410 e. The fourth-order valence-corrected chi connectivity index (χ4v) is 3.90. The molecule has 0 bridgehead atoms. The maximum atomic E-state index is 12.5. The Bertz CT molecular complexity index is 772. The Morgan fingerprint density at radius 3 is 2.54 bits per heavy atom. The standard InChI is InChI=1S/C15H21N3O6S.CH4/c1-15(2,3)24-14(19)17-9-8-11(10-17)16-25(22,23)13-7-5-4-6-12(13)18(20)21;/h4-7,11,16H,8-10H2,1-3H3;1H4/t11-;/m0./s1. The first kappa shape index (κ1) is 21.8. The molecule has 1 atom stereocenters. The molecule has 26 heavy (non-hydrogen) atoms. The summed E-state index contributed by atoms with van der Waals surface area (Å²) in [6.45, 7) is 5.73. The summed E-state index contributed by atoms with van der Waals surface area (Å²) < 4.78 is 32.6. The number of nitro benzene ring substituents is 1. The maximum Gasteiger partial charge on any atom is 0.410 e. The van der Waals surface area contributed by atoms with Crippen LogP contribution in [0.2, 0.25) is 0 Å². The second-order valence-electron chi connectivity index (χ2n) is 6.76. The minimum Gasteiger partial charge on any atom is -0.444 e. The molecule has 9 nitrogen and oxygen atoms in total. The number of nitro groups is 1. The number of ether oxygens (including phenoxy) is 1. The van der Waals surface area contributed by atoms with Crippen LogP contribution in [0.4, 0.5) is 10.5 Å². The molecule has 0 saturated carbocycles. The van der Waals surface area contributed by atoms with Crippen molar-refractivity contribution in [3.63, 3.8) is 0 Å². The number of sulfonamides is 1. The predicted molar refractivity (Wildman–Crippen MR) is 96.4 cm³/mol. The number of rotatable bonds is 4. The van der Waals surface area contributed by atoms with E-state index in [1.807, 2.05) is 0 Å². The lowest BCUT2D eigenvalue weighted by Gasteiger charge is -2.24.